The third kappa shape index (κ3) is 3.49. The molecule has 3 heteroatoms. The van der Waals surface area contributed by atoms with E-state index in [1.807, 2.05) is 0 Å². The lowest BCUT2D eigenvalue weighted by Crippen LogP contribution is -2.44. The van der Waals surface area contributed by atoms with Crippen LogP contribution in [0.5, 0.6) is 0 Å². The van der Waals surface area contributed by atoms with Gasteiger partial charge in [-0.1, -0.05) is 38.1 Å². The number of urea groups is 1. The van der Waals surface area contributed by atoms with Crippen LogP contribution in [0.15, 0.2) is 24.3 Å². The fourth-order valence-corrected chi connectivity index (χ4v) is 1.99. The van der Waals surface area contributed by atoms with Crippen LogP contribution in [0.2, 0.25) is 0 Å². The van der Waals surface area contributed by atoms with Gasteiger partial charge in [-0.3, -0.25) is 0 Å². The Bertz CT molecular complexity index is 393. The molecule has 0 spiro atoms. The van der Waals surface area contributed by atoms with Crippen LogP contribution in [-0.2, 0) is 6.54 Å². The number of rotatable bonds is 4. The zero-order valence-electron chi connectivity index (χ0n) is 11.2. The molecule has 1 fully saturated rings. The summed E-state index contributed by atoms with van der Waals surface area (Å²) in [5, 5.41) is 5.86. The molecule has 98 valence electrons. The molecule has 0 aromatic heterocycles. The molecule has 3 nitrogen and oxygen atoms in total. The van der Waals surface area contributed by atoms with E-state index in [2.05, 4.69) is 48.7 Å². The van der Waals surface area contributed by atoms with Gasteiger partial charge in [0.1, 0.15) is 0 Å². The van der Waals surface area contributed by atoms with E-state index in [1.54, 1.807) is 0 Å². The average Bonchev–Trinajstić information content (AvgIpc) is 2.32. The van der Waals surface area contributed by atoms with Crippen LogP contribution < -0.4 is 10.6 Å². The van der Waals surface area contributed by atoms with Gasteiger partial charge in [0.15, 0.2) is 0 Å². The number of hydrogen-bond donors (Lipinski definition) is 2. The molecule has 2 amide bonds. The smallest absolute Gasteiger partial charge is 0.315 e. The first kappa shape index (κ1) is 12.9. The Hall–Kier alpha value is -1.51. The van der Waals surface area contributed by atoms with Crippen LogP contribution in [0, 0.1) is 0 Å². The number of amides is 2. The molecule has 0 radical (unpaired) electrons. The van der Waals surface area contributed by atoms with Crippen molar-refractivity contribution in [2.75, 3.05) is 0 Å². The Morgan fingerprint density at radius 3 is 2.44 bits per heavy atom. The molecular formula is C15H22N2O. The maximum absolute atomic E-state index is 11.6. The quantitative estimate of drug-likeness (QED) is 0.841. The van der Waals surface area contributed by atoms with Gasteiger partial charge in [-0.25, -0.2) is 4.79 Å². The predicted molar refractivity (Wildman–Crippen MR) is 73.5 cm³/mol. The zero-order chi connectivity index (χ0) is 13.0. The zero-order valence-corrected chi connectivity index (χ0v) is 11.2. The highest BCUT2D eigenvalue weighted by Crippen LogP contribution is 2.17. The monoisotopic (exact) mass is 246 g/mol. The molecule has 1 aliphatic carbocycles. The van der Waals surface area contributed by atoms with Crippen molar-refractivity contribution in [2.45, 2.75) is 51.6 Å². The third-order valence-electron chi connectivity index (χ3n) is 3.54. The molecule has 18 heavy (non-hydrogen) atoms. The number of carbonyl (C=O) groups excluding carboxylic acids is 1. The topological polar surface area (TPSA) is 41.1 Å². The summed E-state index contributed by atoms with van der Waals surface area (Å²) in [5.74, 6) is 0.550. The van der Waals surface area contributed by atoms with E-state index in [0.29, 0.717) is 18.5 Å². The van der Waals surface area contributed by atoms with Crippen molar-refractivity contribution < 1.29 is 4.79 Å². The van der Waals surface area contributed by atoms with E-state index in [0.717, 1.165) is 18.4 Å². The Labute approximate surface area is 109 Å². The minimum absolute atomic E-state index is 0.0485. The third-order valence-corrected chi connectivity index (χ3v) is 3.54. The van der Waals surface area contributed by atoms with Crippen LogP contribution in [0.25, 0.3) is 0 Å². The first-order valence-corrected chi connectivity index (χ1v) is 6.78. The molecular weight excluding hydrogens is 224 g/mol. The number of benzene rings is 1. The highest BCUT2D eigenvalue weighted by atomic mass is 16.2. The Balaban J connectivity index is 1.76. The second-order valence-electron chi connectivity index (χ2n) is 5.35. The molecule has 1 saturated carbocycles. The van der Waals surface area contributed by atoms with Crippen molar-refractivity contribution in [1.29, 1.82) is 0 Å². The summed E-state index contributed by atoms with van der Waals surface area (Å²) in [7, 11) is 0. The van der Waals surface area contributed by atoms with E-state index >= 15 is 0 Å². The van der Waals surface area contributed by atoms with Gasteiger partial charge in [0.25, 0.3) is 0 Å². The molecule has 2 N–H and O–H groups in total. The summed E-state index contributed by atoms with van der Waals surface area (Å²) in [5.41, 5.74) is 2.47. The molecule has 0 unspecified atom stereocenters. The Morgan fingerprint density at radius 2 is 1.94 bits per heavy atom. The fourth-order valence-electron chi connectivity index (χ4n) is 1.99. The second-order valence-corrected chi connectivity index (χ2v) is 5.35. The maximum Gasteiger partial charge on any atom is 0.315 e. The highest BCUT2D eigenvalue weighted by molar-refractivity contribution is 5.74. The number of carbonyl (C=O) groups is 1. The van der Waals surface area contributed by atoms with E-state index in [4.69, 9.17) is 0 Å². The van der Waals surface area contributed by atoms with Crippen LogP contribution in [0.4, 0.5) is 4.79 Å². The molecule has 2 rings (SSSR count). The highest BCUT2D eigenvalue weighted by Gasteiger charge is 2.18. The lowest BCUT2D eigenvalue weighted by molar-refractivity contribution is 0.228. The van der Waals surface area contributed by atoms with Gasteiger partial charge in [0.2, 0.25) is 0 Å². The van der Waals surface area contributed by atoms with Crippen LogP contribution >= 0.6 is 0 Å². The first-order chi connectivity index (χ1) is 8.65. The van der Waals surface area contributed by atoms with E-state index in [1.165, 1.54) is 12.0 Å². The summed E-state index contributed by atoms with van der Waals surface area (Å²) in [6.45, 7) is 4.95. The van der Waals surface area contributed by atoms with Crippen molar-refractivity contribution in [3.05, 3.63) is 35.4 Å². The van der Waals surface area contributed by atoms with E-state index in [-0.39, 0.29) is 6.03 Å². The van der Waals surface area contributed by atoms with Crippen molar-refractivity contribution in [3.63, 3.8) is 0 Å². The van der Waals surface area contributed by atoms with Crippen LogP contribution in [-0.4, -0.2) is 12.1 Å². The molecule has 1 aromatic rings. The predicted octanol–water partition coefficient (Wildman–Crippen LogP) is 3.16. The van der Waals surface area contributed by atoms with Gasteiger partial charge < -0.3 is 10.6 Å². The summed E-state index contributed by atoms with van der Waals surface area (Å²) < 4.78 is 0. The molecule has 0 bridgehead atoms. The normalized spacial score (nSPS) is 15.3. The lowest BCUT2D eigenvalue weighted by atomic mass is 9.93. The number of nitrogens with one attached hydrogen (secondary N) is 2. The van der Waals surface area contributed by atoms with E-state index < -0.39 is 0 Å². The number of hydrogen-bond acceptors (Lipinski definition) is 1. The lowest BCUT2D eigenvalue weighted by Gasteiger charge is -2.26. The van der Waals surface area contributed by atoms with Gasteiger partial charge in [-0.2, -0.15) is 0 Å². The van der Waals surface area contributed by atoms with Gasteiger partial charge in [-0.05, 0) is 36.3 Å². The Kier molecular flexibility index (Phi) is 4.24. The standard InChI is InChI=1S/C15H22N2O/c1-11(2)13-8-6-12(7-9-13)10-16-15(18)17-14-4-3-5-14/h6-9,11,14H,3-5,10H2,1-2H3,(H2,16,17,18). The van der Waals surface area contributed by atoms with Gasteiger partial charge in [0.05, 0.1) is 0 Å². The molecule has 0 heterocycles. The maximum atomic E-state index is 11.6. The molecule has 0 atom stereocenters. The molecule has 0 aliphatic heterocycles. The summed E-state index contributed by atoms with van der Waals surface area (Å²) in [6, 6.07) is 8.77. The summed E-state index contributed by atoms with van der Waals surface area (Å²) in [4.78, 5) is 11.6. The van der Waals surface area contributed by atoms with Gasteiger partial charge in [-0.15, -0.1) is 0 Å². The average molecular weight is 246 g/mol. The Morgan fingerprint density at radius 1 is 1.28 bits per heavy atom. The molecule has 0 saturated heterocycles. The van der Waals surface area contributed by atoms with Crippen molar-refractivity contribution >= 4 is 6.03 Å². The minimum Gasteiger partial charge on any atom is -0.335 e. The van der Waals surface area contributed by atoms with Crippen molar-refractivity contribution in [3.8, 4) is 0 Å². The van der Waals surface area contributed by atoms with Crippen molar-refractivity contribution in [2.24, 2.45) is 0 Å². The van der Waals surface area contributed by atoms with Gasteiger partial charge >= 0.3 is 6.03 Å². The van der Waals surface area contributed by atoms with Crippen LogP contribution in [0.3, 0.4) is 0 Å². The molecule has 1 aliphatic rings. The summed E-state index contributed by atoms with van der Waals surface area (Å²) >= 11 is 0. The molecule has 1 aromatic carbocycles. The second kappa shape index (κ2) is 5.89. The fraction of sp³-hybridized carbons (Fsp3) is 0.533. The first-order valence-electron chi connectivity index (χ1n) is 6.78. The largest absolute Gasteiger partial charge is 0.335 e. The van der Waals surface area contributed by atoms with Crippen molar-refractivity contribution in [1.82, 2.24) is 10.6 Å². The minimum atomic E-state index is -0.0485. The van der Waals surface area contributed by atoms with Gasteiger partial charge in [0, 0.05) is 12.6 Å². The van der Waals surface area contributed by atoms with Crippen LogP contribution in [0.1, 0.15) is 50.2 Å². The summed E-state index contributed by atoms with van der Waals surface area (Å²) in [6.07, 6.45) is 3.48. The SMILES string of the molecule is CC(C)c1ccc(CNC(=O)NC2CCC2)cc1. The van der Waals surface area contributed by atoms with E-state index in [9.17, 15) is 4.79 Å².